The van der Waals surface area contributed by atoms with Crippen molar-refractivity contribution in [2.75, 3.05) is 0 Å². The number of hydrogen-bond acceptors (Lipinski definition) is 0. The van der Waals surface area contributed by atoms with Crippen LogP contribution in [0, 0.1) is 35.5 Å². The van der Waals surface area contributed by atoms with Gasteiger partial charge in [-0.3, -0.25) is 0 Å². The summed E-state index contributed by atoms with van der Waals surface area (Å²) in [5.41, 5.74) is 0. The average Bonchev–Trinajstić information content (AvgIpc) is 3.07. The molecule has 4 bridgehead atoms. The number of halogens is 6. The van der Waals surface area contributed by atoms with Gasteiger partial charge >= 0.3 is 0 Å². The van der Waals surface area contributed by atoms with Crippen LogP contribution in [-0.2, 0) is 0 Å². The monoisotopic (exact) mass is 348 g/mol. The molecule has 0 aromatic rings. The predicted octanol–water partition coefficient (Wildman–Crippen LogP) is 4.57. The minimum atomic E-state index is -1.30. The Balaban J connectivity index is 1.85. The van der Waals surface area contributed by atoms with Gasteiger partial charge < -0.3 is 0 Å². The molecule has 0 amide bonds. The van der Waals surface area contributed by atoms with Crippen molar-refractivity contribution >= 4 is 69.6 Å². The molecule has 0 heterocycles. The molecule has 0 N–H and O–H groups in total. The molecule has 5 saturated carbocycles. The molecule has 2 unspecified atom stereocenters. The highest BCUT2D eigenvalue weighted by molar-refractivity contribution is 6.65. The van der Waals surface area contributed by atoms with Gasteiger partial charge in [-0.15, -0.1) is 23.2 Å². The van der Waals surface area contributed by atoms with Crippen molar-refractivity contribution in [1.29, 1.82) is 0 Å². The molecule has 17 heavy (non-hydrogen) atoms. The standard InChI is InChI=1S/C11H6Cl6/c12-7-8(13)10(15)6-4-1-2(4)3(1)5(6)9(7,14)11(10,16)17/h1-6H/t1?,2?,3?,4?,5-,6+,9-,10+. The van der Waals surface area contributed by atoms with Crippen molar-refractivity contribution in [2.45, 2.75) is 14.1 Å². The molecular formula is C11H6Cl6. The largest absolute Gasteiger partial charge is 0.166 e. The summed E-state index contributed by atoms with van der Waals surface area (Å²) in [5.74, 6) is 3.23. The van der Waals surface area contributed by atoms with Crippen molar-refractivity contribution in [3.63, 3.8) is 0 Å². The molecule has 0 spiro atoms. The fourth-order valence-corrected chi connectivity index (χ4v) is 8.27. The molecule has 0 nitrogen and oxygen atoms in total. The summed E-state index contributed by atoms with van der Waals surface area (Å²) in [7, 11) is 0. The first-order valence-corrected chi connectivity index (χ1v) is 7.90. The first kappa shape index (κ1) is 11.2. The van der Waals surface area contributed by atoms with Gasteiger partial charge in [0.15, 0.2) is 4.33 Å². The average molecular weight is 351 g/mol. The van der Waals surface area contributed by atoms with E-state index in [0.717, 1.165) is 11.8 Å². The van der Waals surface area contributed by atoms with E-state index in [0.29, 0.717) is 21.9 Å². The van der Waals surface area contributed by atoms with Crippen LogP contribution in [0.3, 0.4) is 0 Å². The summed E-state index contributed by atoms with van der Waals surface area (Å²) in [6, 6.07) is 0. The number of rotatable bonds is 0. The van der Waals surface area contributed by atoms with E-state index < -0.39 is 14.1 Å². The zero-order chi connectivity index (χ0) is 12.1. The maximum Gasteiger partial charge on any atom is 0.166 e. The lowest BCUT2D eigenvalue weighted by molar-refractivity contribution is 0.372. The first-order valence-electron chi connectivity index (χ1n) is 5.63. The van der Waals surface area contributed by atoms with Crippen LogP contribution in [-0.4, -0.2) is 14.1 Å². The molecule has 6 heteroatoms. The van der Waals surface area contributed by atoms with Crippen LogP contribution < -0.4 is 0 Å². The SMILES string of the molecule is ClC1=C(Cl)[C@]2(Cl)[C@@H]3C4C5C4C5[C@@H]3[C@@]1(Cl)C2(Cl)Cl. The van der Waals surface area contributed by atoms with Crippen molar-refractivity contribution < 1.29 is 0 Å². The van der Waals surface area contributed by atoms with Crippen LogP contribution >= 0.6 is 69.6 Å². The van der Waals surface area contributed by atoms with Gasteiger partial charge in [0.25, 0.3) is 0 Å². The molecule has 0 radical (unpaired) electrons. The first-order chi connectivity index (χ1) is 7.81. The van der Waals surface area contributed by atoms with E-state index in [1.54, 1.807) is 0 Å². The Morgan fingerprint density at radius 1 is 0.647 bits per heavy atom. The molecule has 0 aromatic carbocycles. The lowest BCUT2D eigenvalue weighted by atomic mass is 9.85. The summed E-state index contributed by atoms with van der Waals surface area (Å²) in [5, 5.41) is 0.739. The van der Waals surface area contributed by atoms with Gasteiger partial charge in [0, 0.05) is 0 Å². The summed E-state index contributed by atoms with van der Waals surface area (Å²) in [6.07, 6.45) is 0. The third-order valence-corrected chi connectivity index (χ3v) is 10.1. The second kappa shape index (κ2) is 2.51. The Morgan fingerprint density at radius 3 is 1.35 bits per heavy atom. The van der Waals surface area contributed by atoms with Crippen molar-refractivity contribution in [1.82, 2.24) is 0 Å². The molecule has 0 aromatic heterocycles. The highest BCUT2D eigenvalue weighted by Crippen LogP contribution is 2.96. The van der Waals surface area contributed by atoms with Gasteiger partial charge in [-0.1, -0.05) is 46.4 Å². The van der Waals surface area contributed by atoms with Crippen LogP contribution in [0.1, 0.15) is 0 Å². The minimum Gasteiger partial charge on any atom is -0.109 e. The molecule has 6 aliphatic rings. The number of alkyl halides is 4. The van der Waals surface area contributed by atoms with Crippen LogP contribution in [0.15, 0.2) is 10.1 Å². The fraction of sp³-hybridized carbons (Fsp3) is 0.818. The quantitative estimate of drug-likeness (QED) is 0.561. The number of fused-ring (bicyclic) bond motifs is 2. The molecule has 6 aliphatic carbocycles. The third kappa shape index (κ3) is 0.735. The van der Waals surface area contributed by atoms with E-state index in [2.05, 4.69) is 0 Å². The summed E-state index contributed by atoms with van der Waals surface area (Å²) in [6.45, 7) is 0. The third-order valence-electron chi connectivity index (χ3n) is 5.82. The Kier molecular flexibility index (Phi) is 1.65. The molecule has 6 atom stereocenters. The summed E-state index contributed by atoms with van der Waals surface area (Å²) in [4.78, 5) is -1.96. The maximum atomic E-state index is 6.74. The highest BCUT2D eigenvalue weighted by atomic mass is 35.5. The van der Waals surface area contributed by atoms with Crippen molar-refractivity contribution in [3.8, 4) is 0 Å². The predicted molar refractivity (Wildman–Crippen MR) is 71.3 cm³/mol. The Morgan fingerprint density at radius 2 is 1.00 bits per heavy atom. The smallest absolute Gasteiger partial charge is 0.109 e. The molecule has 0 saturated heterocycles. The second-order valence-electron chi connectivity index (χ2n) is 5.99. The van der Waals surface area contributed by atoms with Gasteiger partial charge in [-0.25, -0.2) is 0 Å². The van der Waals surface area contributed by atoms with E-state index in [9.17, 15) is 0 Å². The van der Waals surface area contributed by atoms with E-state index in [1.807, 2.05) is 0 Å². The van der Waals surface area contributed by atoms with Crippen LogP contribution in [0.4, 0.5) is 0 Å². The van der Waals surface area contributed by atoms with Crippen LogP contribution in [0.25, 0.3) is 0 Å². The lowest BCUT2D eigenvalue weighted by Crippen LogP contribution is -2.46. The van der Waals surface area contributed by atoms with E-state index in [-0.39, 0.29) is 11.8 Å². The molecule has 5 fully saturated rings. The molecular weight excluding hydrogens is 345 g/mol. The summed E-state index contributed by atoms with van der Waals surface area (Å²) < 4.78 is -1.30. The number of hydrogen-bond donors (Lipinski definition) is 0. The highest BCUT2D eigenvalue weighted by Gasteiger charge is 2.97. The van der Waals surface area contributed by atoms with E-state index >= 15 is 0 Å². The van der Waals surface area contributed by atoms with Gasteiger partial charge in [-0.2, -0.15) is 0 Å². The van der Waals surface area contributed by atoms with Gasteiger partial charge in [-0.05, 0) is 35.5 Å². The zero-order valence-corrected chi connectivity index (χ0v) is 12.8. The van der Waals surface area contributed by atoms with E-state index in [4.69, 9.17) is 69.6 Å². The van der Waals surface area contributed by atoms with Gasteiger partial charge in [0.05, 0.1) is 10.1 Å². The summed E-state index contributed by atoms with van der Waals surface area (Å²) >= 11 is 39.0. The fourth-order valence-electron chi connectivity index (χ4n) is 5.17. The Hall–Kier alpha value is 1.48. The Labute approximate surface area is 128 Å². The minimum absolute atomic E-state index is 0.201. The normalized spacial score (nSPS) is 71.6. The molecule has 92 valence electrons. The maximum absolute atomic E-state index is 6.74. The van der Waals surface area contributed by atoms with Gasteiger partial charge in [0.2, 0.25) is 0 Å². The molecule has 0 aliphatic heterocycles. The lowest BCUT2D eigenvalue weighted by Gasteiger charge is -2.34. The van der Waals surface area contributed by atoms with Crippen molar-refractivity contribution in [3.05, 3.63) is 10.1 Å². The number of allylic oxidation sites excluding steroid dienone is 2. The Bertz CT molecular complexity index is 474. The topological polar surface area (TPSA) is 0 Å². The van der Waals surface area contributed by atoms with Crippen LogP contribution in [0.5, 0.6) is 0 Å². The van der Waals surface area contributed by atoms with E-state index in [1.165, 1.54) is 0 Å². The second-order valence-corrected chi connectivity index (χ2v) is 9.26. The van der Waals surface area contributed by atoms with Gasteiger partial charge in [0.1, 0.15) is 9.75 Å². The zero-order valence-electron chi connectivity index (χ0n) is 8.23. The van der Waals surface area contributed by atoms with Crippen molar-refractivity contribution in [2.24, 2.45) is 35.5 Å². The van der Waals surface area contributed by atoms with Crippen LogP contribution in [0.2, 0.25) is 0 Å². The molecule has 6 rings (SSSR count).